The van der Waals surface area contributed by atoms with Gasteiger partial charge in [0.05, 0.1) is 6.61 Å². The van der Waals surface area contributed by atoms with Crippen molar-refractivity contribution in [2.24, 2.45) is 5.92 Å². The number of ether oxygens (including phenoxy) is 1. The van der Waals surface area contributed by atoms with E-state index in [2.05, 4.69) is 0 Å². The van der Waals surface area contributed by atoms with Gasteiger partial charge in [-0.3, -0.25) is 0 Å². The summed E-state index contributed by atoms with van der Waals surface area (Å²) in [6.07, 6.45) is 1.41. The molecule has 1 aliphatic rings. The average molecular weight is 319 g/mol. The third-order valence-corrected chi connectivity index (χ3v) is 5.37. The van der Waals surface area contributed by atoms with Crippen molar-refractivity contribution in [3.8, 4) is 0 Å². The Morgan fingerprint density at radius 2 is 2.14 bits per heavy atom. The molecule has 1 fully saturated rings. The van der Waals surface area contributed by atoms with Crippen molar-refractivity contribution in [2.75, 3.05) is 26.3 Å². The van der Waals surface area contributed by atoms with Crippen molar-refractivity contribution in [3.05, 3.63) is 29.8 Å². The van der Waals surface area contributed by atoms with E-state index in [-0.39, 0.29) is 5.92 Å². The van der Waals surface area contributed by atoms with Crippen LogP contribution in [0.15, 0.2) is 23.1 Å². The summed E-state index contributed by atoms with van der Waals surface area (Å²) < 4.78 is 58.4. The van der Waals surface area contributed by atoms with Gasteiger partial charge in [-0.15, -0.1) is 0 Å². The van der Waals surface area contributed by atoms with Crippen LogP contribution >= 0.6 is 0 Å². The summed E-state index contributed by atoms with van der Waals surface area (Å²) in [5.41, 5.74) is 0. The Hall–Kier alpha value is -1.05. The van der Waals surface area contributed by atoms with Crippen molar-refractivity contribution < 1.29 is 21.9 Å². The predicted octanol–water partition coefficient (Wildman–Crippen LogP) is 2.40. The number of nitrogens with zero attached hydrogens (tertiary/aromatic N) is 1. The SMILES string of the molecule is CCCN(CC1CCOC1)S(=O)(=O)c1ccc(F)cc1F. The standard InChI is InChI=1S/C14H19F2NO3S/c1-2-6-17(9-11-5-7-20-10-11)21(18,19)14-4-3-12(15)8-13(14)16/h3-4,8,11H,2,5-7,9-10H2,1H3. The minimum absolute atomic E-state index is 0.120. The third kappa shape index (κ3) is 3.78. The second-order valence-electron chi connectivity index (χ2n) is 5.17. The van der Waals surface area contributed by atoms with E-state index in [1.54, 1.807) is 0 Å². The summed E-state index contributed by atoms with van der Waals surface area (Å²) in [6.45, 7) is 3.59. The van der Waals surface area contributed by atoms with E-state index in [4.69, 9.17) is 4.74 Å². The molecule has 1 atom stereocenters. The lowest BCUT2D eigenvalue weighted by Crippen LogP contribution is -2.36. The van der Waals surface area contributed by atoms with Crippen LogP contribution in [0.2, 0.25) is 0 Å². The summed E-state index contributed by atoms with van der Waals surface area (Å²) in [5, 5.41) is 0. The maximum atomic E-state index is 13.8. The van der Waals surface area contributed by atoms with E-state index in [1.165, 1.54) is 4.31 Å². The molecule has 0 N–H and O–H groups in total. The first-order valence-electron chi connectivity index (χ1n) is 6.98. The molecular weight excluding hydrogens is 300 g/mol. The molecule has 118 valence electrons. The zero-order valence-corrected chi connectivity index (χ0v) is 12.7. The molecule has 0 amide bonds. The Morgan fingerprint density at radius 3 is 2.71 bits per heavy atom. The molecule has 7 heteroatoms. The number of halogens is 2. The number of rotatable bonds is 6. The first kappa shape index (κ1) is 16.3. The van der Waals surface area contributed by atoms with E-state index < -0.39 is 26.6 Å². The van der Waals surface area contributed by atoms with Crippen LogP contribution in [0.3, 0.4) is 0 Å². The van der Waals surface area contributed by atoms with Gasteiger partial charge in [-0.2, -0.15) is 4.31 Å². The molecular formula is C14H19F2NO3S. The Morgan fingerprint density at radius 1 is 1.38 bits per heavy atom. The molecule has 0 aromatic heterocycles. The highest BCUT2D eigenvalue weighted by atomic mass is 32.2. The molecule has 1 aromatic rings. The fourth-order valence-corrected chi connectivity index (χ4v) is 4.05. The summed E-state index contributed by atoms with van der Waals surface area (Å²) in [7, 11) is -3.96. The van der Waals surface area contributed by atoms with Crippen LogP contribution in [0.5, 0.6) is 0 Å². The second-order valence-corrected chi connectivity index (χ2v) is 7.07. The largest absolute Gasteiger partial charge is 0.381 e. The Kier molecular flexibility index (Phi) is 5.29. The molecule has 1 aromatic carbocycles. The molecule has 1 heterocycles. The van der Waals surface area contributed by atoms with Gasteiger partial charge in [0.1, 0.15) is 16.5 Å². The Bertz CT molecular complexity index is 586. The van der Waals surface area contributed by atoms with Gasteiger partial charge in [-0.25, -0.2) is 17.2 Å². The third-order valence-electron chi connectivity index (χ3n) is 3.47. The zero-order valence-electron chi connectivity index (χ0n) is 11.9. The van der Waals surface area contributed by atoms with Gasteiger partial charge in [0.2, 0.25) is 10.0 Å². The first-order chi connectivity index (χ1) is 9.95. The van der Waals surface area contributed by atoms with E-state index >= 15 is 0 Å². The van der Waals surface area contributed by atoms with Gasteiger partial charge in [0.25, 0.3) is 0 Å². The molecule has 21 heavy (non-hydrogen) atoms. The molecule has 2 rings (SSSR count). The van der Waals surface area contributed by atoms with Crippen LogP contribution in [0.1, 0.15) is 19.8 Å². The second kappa shape index (κ2) is 6.81. The van der Waals surface area contributed by atoms with Gasteiger partial charge in [0, 0.05) is 25.8 Å². The smallest absolute Gasteiger partial charge is 0.245 e. The van der Waals surface area contributed by atoms with Crippen molar-refractivity contribution in [3.63, 3.8) is 0 Å². The molecule has 0 saturated carbocycles. The predicted molar refractivity (Wildman–Crippen MR) is 74.3 cm³/mol. The molecule has 4 nitrogen and oxygen atoms in total. The maximum absolute atomic E-state index is 13.8. The minimum Gasteiger partial charge on any atom is -0.381 e. The van der Waals surface area contributed by atoms with Crippen molar-refractivity contribution >= 4 is 10.0 Å². The van der Waals surface area contributed by atoms with Gasteiger partial charge in [0.15, 0.2) is 0 Å². The van der Waals surface area contributed by atoms with E-state index in [1.807, 2.05) is 6.92 Å². The normalized spacial score (nSPS) is 19.3. The van der Waals surface area contributed by atoms with Gasteiger partial charge < -0.3 is 4.74 Å². The summed E-state index contributed by atoms with van der Waals surface area (Å²) in [6, 6.07) is 2.53. The quantitative estimate of drug-likeness (QED) is 0.809. The summed E-state index contributed by atoms with van der Waals surface area (Å²) in [5.74, 6) is -1.73. The Labute approximate surface area is 123 Å². The number of benzene rings is 1. The lowest BCUT2D eigenvalue weighted by Gasteiger charge is -2.24. The molecule has 1 aliphatic heterocycles. The first-order valence-corrected chi connectivity index (χ1v) is 8.42. The fourth-order valence-electron chi connectivity index (χ4n) is 2.40. The average Bonchev–Trinajstić information content (AvgIpc) is 2.90. The van der Waals surface area contributed by atoms with Crippen LogP contribution in [-0.4, -0.2) is 39.0 Å². The van der Waals surface area contributed by atoms with Gasteiger partial charge in [-0.1, -0.05) is 6.92 Å². The highest BCUT2D eigenvalue weighted by Crippen LogP contribution is 2.23. The molecule has 1 saturated heterocycles. The highest BCUT2D eigenvalue weighted by molar-refractivity contribution is 7.89. The van der Waals surface area contributed by atoms with Crippen LogP contribution < -0.4 is 0 Å². The zero-order chi connectivity index (χ0) is 15.5. The van der Waals surface area contributed by atoms with Crippen molar-refractivity contribution in [2.45, 2.75) is 24.7 Å². The number of hydrogen-bond donors (Lipinski definition) is 0. The van der Waals surface area contributed by atoms with Crippen LogP contribution in [0, 0.1) is 17.6 Å². The molecule has 0 aliphatic carbocycles. The molecule has 0 radical (unpaired) electrons. The summed E-state index contributed by atoms with van der Waals surface area (Å²) in [4.78, 5) is -0.476. The van der Waals surface area contributed by atoms with Gasteiger partial charge in [-0.05, 0) is 30.9 Å². The number of hydrogen-bond acceptors (Lipinski definition) is 3. The lowest BCUT2D eigenvalue weighted by atomic mass is 10.1. The Balaban J connectivity index is 2.27. The topological polar surface area (TPSA) is 46.6 Å². The van der Waals surface area contributed by atoms with Crippen LogP contribution in [0.4, 0.5) is 8.78 Å². The van der Waals surface area contributed by atoms with Crippen LogP contribution in [0.25, 0.3) is 0 Å². The summed E-state index contributed by atoms with van der Waals surface area (Å²) >= 11 is 0. The fraction of sp³-hybridized carbons (Fsp3) is 0.571. The molecule has 0 spiro atoms. The highest BCUT2D eigenvalue weighted by Gasteiger charge is 2.30. The maximum Gasteiger partial charge on any atom is 0.245 e. The van der Waals surface area contributed by atoms with Crippen molar-refractivity contribution in [1.82, 2.24) is 4.31 Å². The van der Waals surface area contributed by atoms with Crippen LogP contribution in [-0.2, 0) is 14.8 Å². The lowest BCUT2D eigenvalue weighted by molar-refractivity contribution is 0.180. The van der Waals surface area contributed by atoms with E-state index in [9.17, 15) is 17.2 Å². The van der Waals surface area contributed by atoms with E-state index in [0.717, 1.165) is 18.6 Å². The number of sulfonamides is 1. The molecule has 0 bridgehead atoms. The van der Waals surface area contributed by atoms with Gasteiger partial charge >= 0.3 is 0 Å². The van der Waals surface area contributed by atoms with E-state index in [0.29, 0.717) is 38.8 Å². The monoisotopic (exact) mass is 319 g/mol. The molecule has 1 unspecified atom stereocenters. The minimum atomic E-state index is -3.96. The van der Waals surface area contributed by atoms with Crippen molar-refractivity contribution in [1.29, 1.82) is 0 Å².